The molecule has 1 heterocycles. The SMILES string of the molecule is CN(C)C(=O)N(C)c1nnc(SCC(=O)OC(C)(C)C)s1. The van der Waals surface area contributed by atoms with E-state index in [0.717, 1.165) is 0 Å². The summed E-state index contributed by atoms with van der Waals surface area (Å²) < 4.78 is 5.83. The van der Waals surface area contributed by atoms with Crippen molar-refractivity contribution >= 4 is 40.2 Å². The maximum Gasteiger partial charge on any atom is 0.325 e. The highest BCUT2D eigenvalue weighted by Gasteiger charge is 2.19. The highest BCUT2D eigenvalue weighted by molar-refractivity contribution is 8.01. The van der Waals surface area contributed by atoms with E-state index in [0.29, 0.717) is 9.47 Å². The van der Waals surface area contributed by atoms with Gasteiger partial charge in [0.1, 0.15) is 5.60 Å². The van der Waals surface area contributed by atoms with Crippen LogP contribution in [0.4, 0.5) is 9.93 Å². The van der Waals surface area contributed by atoms with Crippen molar-refractivity contribution in [1.29, 1.82) is 0 Å². The number of aromatic nitrogens is 2. The average molecular weight is 332 g/mol. The topological polar surface area (TPSA) is 75.6 Å². The molecule has 9 heteroatoms. The van der Waals surface area contributed by atoms with Gasteiger partial charge in [-0.1, -0.05) is 23.1 Å². The van der Waals surface area contributed by atoms with Crippen molar-refractivity contribution in [3.8, 4) is 0 Å². The molecule has 118 valence electrons. The van der Waals surface area contributed by atoms with Gasteiger partial charge in [-0.3, -0.25) is 9.69 Å². The van der Waals surface area contributed by atoms with Gasteiger partial charge in [0.15, 0.2) is 4.34 Å². The third kappa shape index (κ3) is 5.88. The second kappa shape index (κ2) is 7.08. The number of hydrogen-bond donors (Lipinski definition) is 0. The first-order valence-electron chi connectivity index (χ1n) is 6.23. The van der Waals surface area contributed by atoms with Gasteiger partial charge in [-0.25, -0.2) is 4.79 Å². The zero-order valence-electron chi connectivity index (χ0n) is 13.0. The maximum atomic E-state index is 11.8. The monoisotopic (exact) mass is 332 g/mol. The summed E-state index contributed by atoms with van der Waals surface area (Å²) >= 11 is 2.50. The van der Waals surface area contributed by atoms with E-state index >= 15 is 0 Å². The fraction of sp³-hybridized carbons (Fsp3) is 0.667. The summed E-state index contributed by atoms with van der Waals surface area (Å²) in [6.45, 7) is 5.46. The number of carbonyl (C=O) groups excluding carboxylic acids is 2. The molecule has 0 spiro atoms. The number of hydrogen-bond acceptors (Lipinski definition) is 7. The van der Waals surface area contributed by atoms with Crippen LogP contribution in [-0.2, 0) is 9.53 Å². The van der Waals surface area contributed by atoms with E-state index in [1.165, 1.54) is 32.9 Å². The van der Waals surface area contributed by atoms with Crippen molar-refractivity contribution in [1.82, 2.24) is 15.1 Å². The molecule has 1 rings (SSSR count). The summed E-state index contributed by atoms with van der Waals surface area (Å²) in [5, 5.41) is 8.39. The number of nitrogens with zero attached hydrogens (tertiary/aromatic N) is 4. The predicted octanol–water partition coefficient (Wildman–Crippen LogP) is 2.09. The lowest BCUT2D eigenvalue weighted by Crippen LogP contribution is -2.36. The Morgan fingerprint density at radius 1 is 1.24 bits per heavy atom. The lowest BCUT2D eigenvalue weighted by atomic mass is 10.2. The van der Waals surface area contributed by atoms with Crippen molar-refractivity contribution < 1.29 is 14.3 Å². The minimum Gasteiger partial charge on any atom is -0.459 e. The Morgan fingerprint density at radius 2 is 1.86 bits per heavy atom. The van der Waals surface area contributed by atoms with Crippen molar-refractivity contribution in [2.75, 3.05) is 31.8 Å². The number of thioether (sulfide) groups is 1. The van der Waals surface area contributed by atoms with Crippen LogP contribution in [0.25, 0.3) is 0 Å². The van der Waals surface area contributed by atoms with E-state index in [4.69, 9.17) is 4.74 Å². The first-order chi connectivity index (χ1) is 9.60. The molecule has 0 aliphatic carbocycles. The Morgan fingerprint density at radius 3 is 2.38 bits per heavy atom. The van der Waals surface area contributed by atoms with E-state index in [2.05, 4.69) is 10.2 Å². The fourth-order valence-corrected chi connectivity index (χ4v) is 2.84. The molecule has 0 N–H and O–H groups in total. The molecule has 0 aliphatic rings. The molecule has 0 radical (unpaired) electrons. The molecule has 2 amide bonds. The largest absolute Gasteiger partial charge is 0.459 e. The van der Waals surface area contributed by atoms with Gasteiger partial charge in [0.25, 0.3) is 0 Å². The van der Waals surface area contributed by atoms with Crippen LogP contribution in [0.2, 0.25) is 0 Å². The Bertz CT molecular complexity index is 511. The van der Waals surface area contributed by atoms with E-state index in [-0.39, 0.29) is 17.8 Å². The summed E-state index contributed by atoms with van der Waals surface area (Å²) in [6, 6.07) is -0.185. The smallest absolute Gasteiger partial charge is 0.325 e. The number of ether oxygens (including phenoxy) is 1. The number of carbonyl (C=O) groups is 2. The van der Waals surface area contributed by atoms with E-state index < -0.39 is 5.60 Å². The zero-order chi connectivity index (χ0) is 16.2. The lowest BCUT2D eigenvalue weighted by Gasteiger charge is -2.19. The first-order valence-corrected chi connectivity index (χ1v) is 8.03. The quantitative estimate of drug-likeness (QED) is 0.477. The van der Waals surface area contributed by atoms with Gasteiger partial charge >= 0.3 is 12.0 Å². The molecule has 21 heavy (non-hydrogen) atoms. The molecule has 0 bridgehead atoms. The number of amides is 2. The molecule has 0 atom stereocenters. The van der Waals surface area contributed by atoms with Crippen molar-refractivity contribution in [2.45, 2.75) is 30.7 Å². The molecule has 1 aromatic heterocycles. The van der Waals surface area contributed by atoms with Crippen LogP contribution in [0.5, 0.6) is 0 Å². The van der Waals surface area contributed by atoms with Crippen LogP contribution in [-0.4, -0.2) is 59.6 Å². The van der Waals surface area contributed by atoms with Crippen LogP contribution in [0, 0.1) is 0 Å². The summed E-state index contributed by atoms with van der Waals surface area (Å²) in [5.41, 5.74) is -0.498. The van der Waals surface area contributed by atoms with E-state index in [1.807, 2.05) is 20.8 Å². The molecular weight excluding hydrogens is 312 g/mol. The molecule has 7 nitrogen and oxygen atoms in total. The van der Waals surface area contributed by atoms with E-state index in [9.17, 15) is 9.59 Å². The normalized spacial score (nSPS) is 11.1. The molecule has 1 aromatic rings. The van der Waals surface area contributed by atoms with Gasteiger partial charge in [-0.05, 0) is 20.8 Å². The minimum absolute atomic E-state index is 0.164. The van der Waals surface area contributed by atoms with Crippen molar-refractivity contribution in [3.63, 3.8) is 0 Å². The van der Waals surface area contributed by atoms with Gasteiger partial charge in [0, 0.05) is 21.1 Å². The van der Waals surface area contributed by atoms with Gasteiger partial charge in [-0.2, -0.15) is 0 Å². The second-order valence-corrected chi connectivity index (χ2v) is 7.64. The summed E-state index contributed by atoms with van der Waals surface area (Å²) in [7, 11) is 4.96. The van der Waals surface area contributed by atoms with E-state index in [1.54, 1.807) is 21.1 Å². The standard InChI is InChI=1S/C12H20N4O3S2/c1-12(2,3)19-8(17)7-20-10-14-13-9(21-10)16(6)11(18)15(4)5/h7H2,1-6H3. The van der Waals surface area contributed by atoms with Crippen LogP contribution in [0.3, 0.4) is 0 Å². The van der Waals surface area contributed by atoms with Crippen molar-refractivity contribution in [3.05, 3.63) is 0 Å². The van der Waals surface area contributed by atoms with Gasteiger partial charge in [-0.15, -0.1) is 10.2 Å². The van der Waals surface area contributed by atoms with Gasteiger partial charge in [0.2, 0.25) is 5.13 Å². The van der Waals surface area contributed by atoms with Crippen LogP contribution < -0.4 is 4.90 Å². The Kier molecular flexibility index (Phi) is 5.97. The molecule has 0 aliphatic heterocycles. The number of rotatable bonds is 4. The predicted molar refractivity (Wildman–Crippen MR) is 84.0 cm³/mol. The molecule has 0 unspecified atom stereocenters. The first kappa shape index (κ1) is 17.7. The third-order valence-electron chi connectivity index (χ3n) is 2.09. The number of urea groups is 1. The minimum atomic E-state index is -0.498. The summed E-state index contributed by atoms with van der Waals surface area (Å²) in [4.78, 5) is 26.3. The number of esters is 1. The molecule has 0 saturated heterocycles. The van der Waals surface area contributed by atoms with Gasteiger partial charge in [0.05, 0.1) is 5.75 Å². The molecule has 0 aromatic carbocycles. The zero-order valence-corrected chi connectivity index (χ0v) is 14.7. The maximum absolute atomic E-state index is 11.8. The second-order valence-electron chi connectivity index (χ2n) is 5.46. The Labute approximate surface area is 132 Å². The van der Waals surface area contributed by atoms with Crippen LogP contribution in [0.15, 0.2) is 4.34 Å². The van der Waals surface area contributed by atoms with Crippen LogP contribution >= 0.6 is 23.1 Å². The number of anilines is 1. The molecular formula is C12H20N4O3S2. The summed E-state index contributed by atoms with van der Waals surface area (Å²) in [6.07, 6.45) is 0. The fourth-order valence-electron chi connectivity index (χ4n) is 1.27. The Hall–Kier alpha value is -1.35. The molecule has 0 fully saturated rings. The Balaban J connectivity index is 2.56. The lowest BCUT2D eigenvalue weighted by molar-refractivity contribution is -0.151. The van der Waals surface area contributed by atoms with Crippen molar-refractivity contribution in [2.24, 2.45) is 0 Å². The van der Waals surface area contributed by atoms with Gasteiger partial charge < -0.3 is 9.64 Å². The highest BCUT2D eigenvalue weighted by atomic mass is 32.2. The average Bonchev–Trinajstić information content (AvgIpc) is 2.81. The molecule has 0 saturated carbocycles. The summed E-state index contributed by atoms with van der Waals surface area (Å²) in [5.74, 6) is -0.140. The highest BCUT2D eigenvalue weighted by Crippen LogP contribution is 2.28. The van der Waals surface area contributed by atoms with Crippen LogP contribution in [0.1, 0.15) is 20.8 Å². The third-order valence-corrected chi connectivity index (χ3v) is 4.19.